The molecule has 2 fully saturated rings. The van der Waals surface area contributed by atoms with Gasteiger partial charge < -0.3 is 4.52 Å². The van der Waals surface area contributed by atoms with E-state index in [1.807, 2.05) is 26.2 Å². The maximum atomic E-state index is 5.39. The third kappa shape index (κ3) is 3.47. The van der Waals surface area contributed by atoms with Gasteiger partial charge in [-0.05, 0) is 46.1 Å². The van der Waals surface area contributed by atoms with Crippen LogP contribution < -0.4 is 0 Å². The van der Waals surface area contributed by atoms with Gasteiger partial charge in [0.05, 0.1) is 5.69 Å². The molecule has 0 bridgehead atoms. The van der Waals surface area contributed by atoms with E-state index in [1.54, 1.807) is 0 Å². The number of aryl methyl sites for hydroxylation is 2. The van der Waals surface area contributed by atoms with Gasteiger partial charge in [-0.3, -0.25) is 4.90 Å². The summed E-state index contributed by atoms with van der Waals surface area (Å²) in [5.74, 6) is 2.58. The molecule has 1 aliphatic heterocycles. The van der Waals surface area contributed by atoms with E-state index in [-0.39, 0.29) is 0 Å². The summed E-state index contributed by atoms with van der Waals surface area (Å²) in [5, 5.41) is 4.14. The van der Waals surface area contributed by atoms with Crippen molar-refractivity contribution in [2.24, 2.45) is 0 Å². The maximum absolute atomic E-state index is 5.39. The van der Waals surface area contributed by atoms with E-state index in [9.17, 15) is 0 Å². The molecule has 3 heterocycles. The predicted octanol–water partition coefficient (Wildman–Crippen LogP) is 4.47. The maximum Gasteiger partial charge on any atom is 0.138 e. The van der Waals surface area contributed by atoms with Crippen LogP contribution in [0.1, 0.15) is 85.3 Å². The first kappa shape index (κ1) is 16.7. The zero-order valence-electron chi connectivity index (χ0n) is 15.4. The van der Waals surface area contributed by atoms with Gasteiger partial charge in [0.25, 0.3) is 0 Å². The Labute approximate surface area is 149 Å². The molecule has 2 aliphatic rings. The summed E-state index contributed by atoms with van der Waals surface area (Å²) < 4.78 is 5.39. The Bertz CT molecular complexity index is 683. The van der Waals surface area contributed by atoms with Gasteiger partial charge >= 0.3 is 0 Å². The lowest BCUT2D eigenvalue weighted by Gasteiger charge is -2.24. The molecular weight excluding hydrogens is 312 g/mol. The number of hydrogen-bond acceptors (Lipinski definition) is 5. The Morgan fingerprint density at radius 3 is 2.48 bits per heavy atom. The fraction of sp³-hybridized carbons (Fsp3) is 0.650. The lowest BCUT2D eigenvalue weighted by atomic mass is 9.89. The average molecular weight is 340 g/mol. The summed E-state index contributed by atoms with van der Waals surface area (Å²) in [6.45, 7) is 6.08. The zero-order chi connectivity index (χ0) is 17.2. The number of hydrogen-bond donors (Lipinski definition) is 0. The van der Waals surface area contributed by atoms with E-state index < -0.39 is 0 Å². The Kier molecular flexibility index (Phi) is 4.84. The highest BCUT2D eigenvalue weighted by Gasteiger charge is 2.30. The van der Waals surface area contributed by atoms with Crippen molar-refractivity contribution in [1.29, 1.82) is 0 Å². The lowest BCUT2D eigenvalue weighted by Crippen LogP contribution is -2.24. The monoisotopic (exact) mass is 340 g/mol. The molecule has 5 heteroatoms. The molecule has 134 valence electrons. The molecule has 1 saturated heterocycles. The molecule has 2 aromatic rings. The van der Waals surface area contributed by atoms with Crippen molar-refractivity contribution in [1.82, 2.24) is 20.0 Å². The van der Waals surface area contributed by atoms with Crippen LogP contribution in [0.25, 0.3) is 0 Å². The molecule has 0 radical (unpaired) electrons. The summed E-state index contributed by atoms with van der Waals surface area (Å²) in [6, 6.07) is 0.407. The van der Waals surface area contributed by atoms with Crippen molar-refractivity contribution >= 4 is 0 Å². The van der Waals surface area contributed by atoms with E-state index in [0.717, 1.165) is 30.4 Å². The topological polar surface area (TPSA) is 55.1 Å². The number of aromatic nitrogens is 3. The molecule has 1 atom stereocenters. The average Bonchev–Trinajstić information content (AvgIpc) is 3.22. The second-order valence-electron chi connectivity index (χ2n) is 7.65. The third-order valence-corrected chi connectivity index (χ3v) is 5.87. The van der Waals surface area contributed by atoms with E-state index in [1.165, 1.54) is 56.1 Å². The van der Waals surface area contributed by atoms with Crippen LogP contribution in [-0.4, -0.2) is 26.6 Å². The minimum Gasteiger partial charge on any atom is -0.361 e. The van der Waals surface area contributed by atoms with Gasteiger partial charge in [-0.25, -0.2) is 9.97 Å². The van der Waals surface area contributed by atoms with Gasteiger partial charge in [-0.2, -0.15) is 0 Å². The smallest absolute Gasteiger partial charge is 0.138 e. The largest absolute Gasteiger partial charge is 0.361 e. The van der Waals surface area contributed by atoms with Gasteiger partial charge in [0, 0.05) is 42.0 Å². The molecule has 0 N–H and O–H groups in total. The van der Waals surface area contributed by atoms with Crippen molar-refractivity contribution < 1.29 is 4.52 Å². The molecule has 2 aromatic heterocycles. The van der Waals surface area contributed by atoms with E-state index >= 15 is 0 Å². The Morgan fingerprint density at radius 1 is 1.04 bits per heavy atom. The molecule has 1 saturated carbocycles. The van der Waals surface area contributed by atoms with Crippen LogP contribution in [0, 0.1) is 13.8 Å². The fourth-order valence-corrected chi connectivity index (χ4v) is 4.56. The third-order valence-electron chi connectivity index (χ3n) is 5.87. The first-order chi connectivity index (χ1) is 12.2. The summed E-state index contributed by atoms with van der Waals surface area (Å²) in [4.78, 5) is 11.9. The minimum absolute atomic E-state index is 0.407. The highest BCUT2D eigenvalue weighted by Crippen LogP contribution is 2.36. The summed E-state index contributed by atoms with van der Waals surface area (Å²) in [7, 11) is 0. The number of likely N-dealkylation sites (tertiary alicyclic amines) is 1. The molecule has 4 rings (SSSR count). The van der Waals surface area contributed by atoms with Crippen LogP contribution in [-0.2, 0) is 6.54 Å². The first-order valence-electron chi connectivity index (χ1n) is 9.70. The zero-order valence-corrected chi connectivity index (χ0v) is 15.4. The van der Waals surface area contributed by atoms with Crippen molar-refractivity contribution in [3.05, 3.63) is 40.8 Å². The molecule has 25 heavy (non-hydrogen) atoms. The molecule has 0 spiro atoms. The van der Waals surface area contributed by atoms with E-state index in [4.69, 9.17) is 14.5 Å². The Balaban J connectivity index is 1.46. The number of nitrogens with zero attached hydrogens (tertiary/aromatic N) is 4. The second-order valence-corrected chi connectivity index (χ2v) is 7.65. The minimum atomic E-state index is 0.407. The summed E-state index contributed by atoms with van der Waals surface area (Å²) in [5.41, 5.74) is 3.51. The second kappa shape index (κ2) is 7.24. The quantitative estimate of drug-likeness (QED) is 0.822. The first-order valence-corrected chi connectivity index (χ1v) is 9.70. The highest BCUT2D eigenvalue weighted by atomic mass is 16.5. The van der Waals surface area contributed by atoms with E-state index in [0.29, 0.717) is 12.0 Å². The Morgan fingerprint density at radius 2 is 1.80 bits per heavy atom. The van der Waals surface area contributed by atoms with Crippen LogP contribution in [0.2, 0.25) is 0 Å². The molecule has 1 aliphatic carbocycles. The summed E-state index contributed by atoms with van der Waals surface area (Å²) >= 11 is 0. The normalized spacial score (nSPS) is 22.6. The standard InChI is InChI=1S/C20H28N4O/c1-14-19(15(2)25-23-14)18-9-6-10-24(18)13-16-11-21-20(22-12-16)17-7-4-3-5-8-17/h11-12,17-18H,3-10,13H2,1-2H3/t18-/m1/s1. The van der Waals surface area contributed by atoms with Crippen molar-refractivity contribution in [2.75, 3.05) is 6.54 Å². The summed E-state index contributed by atoms with van der Waals surface area (Å²) in [6.07, 6.45) is 13.0. The van der Waals surface area contributed by atoms with Crippen LogP contribution in [0.4, 0.5) is 0 Å². The molecular formula is C20H28N4O. The molecule has 0 amide bonds. The molecule has 0 aromatic carbocycles. The SMILES string of the molecule is Cc1noc(C)c1[C@H]1CCCN1Cc1cnc(C2CCCCC2)nc1. The fourth-order valence-electron chi connectivity index (χ4n) is 4.56. The van der Waals surface area contributed by atoms with Crippen LogP contribution in [0.5, 0.6) is 0 Å². The van der Waals surface area contributed by atoms with Gasteiger partial charge in [-0.15, -0.1) is 0 Å². The van der Waals surface area contributed by atoms with Gasteiger partial charge in [-0.1, -0.05) is 24.4 Å². The predicted molar refractivity (Wildman–Crippen MR) is 96.2 cm³/mol. The molecule has 0 unspecified atom stereocenters. The van der Waals surface area contributed by atoms with Crippen molar-refractivity contribution in [3.8, 4) is 0 Å². The van der Waals surface area contributed by atoms with E-state index in [2.05, 4.69) is 10.1 Å². The number of rotatable bonds is 4. The van der Waals surface area contributed by atoms with Crippen LogP contribution in [0.15, 0.2) is 16.9 Å². The molecule has 5 nitrogen and oxygen atoms in total. The van der Waals surface area contributed by atoms with Crippen LogP contribution in [0.3, 0.4) is 0 Å². The van der Waals surface area contributed by atoms with Crippen molar-refractivity contribution in [2.45, 2.75) is 77.3 Å². The van der Waals surface area contributed by atoms with Gasteiger partial charge in [0.15, 0.2) is 0 Å². The Hall–Kier alpha value is -1.75. The van der Waals surface area contributed by atoms with Gasteiger partial charge in [0.1, 0.15) is 11.6 Å². The lowest BCUT2D eigenvalue weighted by molar-refractivity contribution is 0.245. The van der Waals surface area contributed by atoms with Crippen LogP contribution >= 0.6 is 0 Å². The van der Waals surface area contributed by atoms with Gasteiger partial charge in [0.2, 0.25) is 0 Å². The highest BCUT2D eigenvalue weighted by molar-refractivity contribution is 5.26. The van der Waals surface area contributed by atoms with Crippen molar-refractivity contribution in [3.63, 3.8) is 0 Å².